The second-order valence-corrected chi connectivity index (χ2v) is 5.86. The molecule has 1 saturated heterocycles. The van der Waals surface area contributed by atoms with E-state index in [9.17, 15) is 0 Å². The second-order valence-electron chi connectivity index (χ2n) is 5.86. The molecule has 0 spiro atoms. The van der Waals surface area contributed by atoms with E-state index in [1.165, 1.54) is 55.6 Å². The first kappa shape index (κ1) is 13.5. The van der Waals surface area contributed by atoms with Gasteiger partial charge >= 0.3 is 0 Å². The molecule has 0 aromatic carbocycles. The van der Waals surface area contributed by atoms with Crippen molar-refractivity contribution in [3.63, 3.8) is 0 Å². The van der Waals surface area contributed by atoms with E-state index in [1.807, 2.05) is 6.20 Å². The maximum Gasteiger partial charge on any atom is 0.0442 e. The van der Waals surface area contributed by atoms with E-state index in [4.69, 9.17) is 0 Å². The third-order valence-electron chi connectivity index (χ3n) is 4.06. The zero-order valence-electron chi connectivity index (χ0n) is 11.9. The van der Waals surface area contributed by atoms with E-state index in [0.717, 1.165) is 18.9 Å². The molecule has 0 aromatic rings. The molecule has 2 rings (SSSR count). The third-order valence-corrected chi connectivity index (χ3v) is 4.06. The van der Waals surface area contributed by atoms with E-state index in [0.29, 0.717) is 0 Å². The van der Waals surface area contributed by atoms with Gasteiger partial charge < -0.3 is 0 Å². The summed E-state index contributed by atoms with van der Waals surface area (Å²) in [4.78, 5) is 7.28. The van der Waals surface area contributed by atoms with E-state index in [-0.39, 0.29) is 0 Å². The van der Waals surface area contributed by atoms with Crippen LogP contribution in [-0.2, 0) is 0 Å². The highest BCUT2D eigenvalue weighted by Gasteiger charge is 2.24. The highest BCUT2D eigenvalue weighted by Crippen LogP contribution is 2.26. The number of aliphatic imine (C=N–C) groups is 1. The van der Waals surface area contributed by atoms with Crippen molar-refractivity contribution in [2.75, 3.05) is 13.1 Å². The van der Waals surface area contributed by atoms with Crippen LogP contribution in [0.1, 0.15) is 52.4 Å². The maximum atomic E-state index is 4.61. The Hall–Kier alpha value is -0.890. The average molecular weight is 246 g/mol. The molecule has 18 heavy (non-hydrogen) atoms. The van der Waals surface area contributed by atoms with Crippen molar-refractivity contribution in [2.24, 2.45) is 4.99 Å². The molecule has 1 saturated carbocycles. The fourth-order valence-corrected chi connectivity index (χ4v) is 2.96. The molecule has 0 amide bonds. The summed E-state index contributed by atoms with van der Waals surface area (Å²) in [6.07, 6.45) is 9.76. The van der Waals surface area contributed by atoms with Crippen molar-refractivity contribution >= 4 is 5.71 Å². The summed E-state index contributed by atoms with van der Waals surface area (Å²) in [5.41, 5.74) is 3.72. The molecule has 1 heterocycles. The molecule has 2 heteroatoms. The van der Waals surface area contributed by atoms with Crippen molar-refractivity contribution in [1.82, 2.24) is 4.90 Å². The second kappa shape index (κ2) is 6.33. The van der Waals surface area contributed by atoms with Gasteiger partial charge in [0, 0.05) is 37.5 Å². The number of hydrogen-bond donors (Lipinski definition) is 0. The Morgan fingerprint density at radius 1 is 1.22 bits per heavy atom. The highest BCUT2D eigenvalue weighted by atomic mass is 15.2. The molecule has 0 aromatic heterocycles. The minimum Gasteiger partial charge on any atom is -0.300 e. The summed E-state index contributed by atoms with van der Waals surface area (Å²) < 4.78 is 0. The van der Waals surface area contributed by atoms with Crippen LogP contribution in [0.4, 0.5) is 0 Å². The van der Waals surface area contributed by atoms with Crippen LogP contribution in [0.2, 0.25) is 0 Å². The van der Waals surface area contributed by atoms with Crippen LogP contribution >= 0.6 is 0 Å². The Morgan fingerprint density at radius 2 is 1.89 bits per heavy atom. The molecule has 1 aliphatic heterocycles. The lowest BCUT2D eigenvalue weighted by atomic mass is 10.1. The molecule has 0 N–H and O–H groups in total. The third kappa shape index (κ3) is 3.55. The van der Waals surface area contributed by atoms with Gasteiger partial charge in [0.25, 0.3) is 0 Å². The van der Waals surface area contributed by atoms with Gasteiger partial charge in [-0.3, -0.25) is 9.89 Å². The minimum absolute atomic E-state index is 0.834. The number of nitrogens with zero attached hydrogens (tertiary/aromatic N) is 2. The predicted molar refractivity (Wildman–Crippen MR) is 79.1 cm³/mol. The highest BCUT2D eigenvalue weighted by molar-refractivity contribution is 6.00. The summed E-state index contributed by atoms with van der Waals surface area (Å²) >= 11 is 0. The Balaban J connectivity index is 1.99. The van der Waals surface area contributed by atoms with Crippen molar-refractivity contribution in [3.8, 4) is 0 Å². The lowest BCUT2D eigenvalue weighted by Crippen LogP contribution is -2.34. The molecule has 0 bridgehead atoms. The van der Waals surface area contributed by atoms with Crippen LogP contribution < -0.4 is 0 Å². The molecule has 2 aliphatic rings. The van der Waals surface area contributed by atoms with Crippen LogP contribution in [0, 0.1) is 0 Å². The summed E-state index contributed by atoms with van der Waals surface area (Å²) in [5, 5.41) is 0. The van der Waals surface area contributed by atoms with Crippen LogP contribution in [0.3, 0.4) is 0 Å². The molecule has 0 radical (unpaired) electrons. The molecule has 2 nitrogen and oxygen atoms in total. The van der Waals surface area contributed by atoms with Gasteiger partial charge in [0.05, 0.1) is 0 Å². The monoisotopic (exact) mass is 246 g/mol. The Kier molecular flexibility index (Phi) is 4.76. The van der Waals surface area contributed by atoms with Gasteiger partial charge in [-0.15, -0.1) is 0 Å². The van der Waals surface area contributed by atoms with E-state index < -0.39 is 0 Å². The van der Waals surface area contributed by atoms with E-state index in [1.54, 1.807) is 0 Å². The zero-order valence-corrected chi connectivity index (χ0v) is 11.9. The first-order valence-electron chi connectivity index (χ1n) is 7.29. The summed E-state index contributed by atoms with van der Waals surface area (Å²) in [7, 11) is 0. The Labute approximate surface area is 111 Å². The normalized spacial score (nSPS) is 25.4. The van der Waals surface area contributed by atoms with Crippen molar-refractivity contribution in [2.45, 2.75) is 58.4 Å². The van der Waals surface area contributed by atoms with Gasteiger partial charge in [-0.25, -0.2) is 0 Å². The minimum atomic E-state index is 0.834. The molecule has 2 fully saturated rings. The van der Waals surface area contributed by atoms with Crippen molar-refractivity contribution in [1.29, 1.82) is 0 Å². The van der Waals surface area contributed by atoms with Crippen molar-refractivity contribution < 1.29 is 0 Å². The molecule has 0 atom stereocenters. The fourth-order valence-electron chi connectivity index (χ4n) is 2.96. The van der Waals surface area contributed by atoms with Gasteiger partial charge in [0.2, 0.25) is 0 Å². The maximum absolute atomic E-state index is 4.61. The number of hydrogen-bond acceptors (Lipinski definition) is 2. The first-order valence-corrected chi connectivity index (χ1v) is 7.29. The standard InChI is InChI=1S/C16H26N2/c1-13(2)12-17-16-9-11-18(10-8-14(16)3)15-6-4-5-7-15/h12,15H,3-11H2,1-2H3/b17-16-. The Morgan fingerprint density at radius 3 is 2.56 bits per heavy atom. The predicted octanol–water partition coefficient (Wildman–Crippen LogP) is 3.95. The summed E-state index contributed by atoms with van der Waals surface area (Å²) in [6.45, 7) is 10.7. The summed E-state index contributed by atoms with van der Waals surface area (Å²) in [6, 6.07) is 0.834. The van der Waals surface area contributed by atoms with Gasteiger partial charge in [-0.05, 0) is 38.7 Å². The quantitative estimate of drug-likeness (QED) is 0.720. The van der Waals surface area contributed by atoms with Gasteiger partial charge in [-0.1, -0.05) is 25.0 Å². The molecule has 1 aliphatic carbocycles. The largest absolute Gasteiger partial charge is 0.300 e. The number of allylic oxidation sites excluding steroid dienone is 1. The zero-order chi connectivity index (χ0) is 13.0. The van der Waals surface area contributed by atoms with Gasteiger partial charge in [0.15, 0.2) is 0 Å². The van der Waals surface area contributed by atoms with E-state index >= 15 is 0 Å². The number of rotatable bonds is 2. The van der Waals surface area contributed by atoms with E-state index in [2.05, 4.69) is 30.3 Å². The summed E-state index contributed by atoms with van der Waals surface area (Å²) in [5.74, 6) is 0. The van der Waals surface area contributed by atoms with Gasteiger partial charge in [0.1, 0.15) is 0 Å². The SMILES string of the molecule is C=C1CCN(C2CCCC2)CC/C1=N/C=C(C)C. The smallest absolute Gasteiger partial charge is 0.0442 e. The van der Waals surface area contributed by atoms with Crippen LogP contribution in [0.15, 0.2) is 28.9 Å². The average Bonchev–Trinajstić information content (AvgIpc) is 2.79. The van der Waals surface area contributed by atoms with Crippen LogP contribution in [0.25, 0.3) is 0 Å². The Bertz CT molecular complexity index is 355. The fraction of sp³-hybridized carbons (Fsp3) is 0.688. The van der Waals surface area contributed by atoms with Gasteiger partial charge in [-0.2, -0.15) is 0 Å². The first-order chi connectivity index (χ1) is 8.66. The van der Waals surface area contributed by atoms with Crippen LogP contribution in [0.5, 0.6) is 0 Å². The topological polar surface area (TPSA) is 15.6 Å². The molecule has 100 valence electrons. The van der Waals surface area contributed by atoms with Crippen LogP contribution in [-0.4, -0.2) is 29.7 Å². The number of likely N-dealkylation sites (tertiary alicyclic amines) is 1. The lowest BCUT2D eigenvalue weighted by Gasteiger charge is -2.26. The molecular formula is C16H26N2. The van der Waals surface area contributed by atoms with Crippen molar-refractivity contribution in [3.05, 3.63) is 23.9 Å². The molecular weight excluding hydrogens is 220 g/mol. The molecule has 0 unspecified atom stereocenters. The lowest BCUT2D eigenvalue weighted by molar-refractivity contribution is 0.211.